The number of hydrogen-bond acceptors (Lipinski definition) is 3. The predicted octanol–water partition coefficient (Wildman–Crippen LogP) is 0.961. The van der Waals surface area contributed by atoms with Crippen LogP contribution >= 0.6 is 0 Å². The fourth-order valence-corrected chi connectivity index (χ4v) is 0.921. The summed E-state index contributed by atoms with van der Waals surface area (Å²) in [6.07, 6.45) is 2.57. The molecule has 1 atom stereocenters. The maximum Gasteiger partial charge on any atom is 0.309 e. The van der Waals surface area contributed by atoms with Gasteiger partial charge in [0.1, 0.15) is 0 Å². The summed E-state index contributed by atoms with van der Waals surface area (Å²) in [5.41, 5.74) is 0. The van der Waals surface area contributed by atoms with E-state index >= 15 is 0 Å². The van der Waals surface area contributed by atoms with E-state index in [4.69, 9.17) is 0 Å². The third-order valence-corrected chi connectivity index (χ3v) is 1.71. The van der Waals surface area contributed by atoms with E-state index in [-0.39, 0.29) is 11.9 Å². The molecule has 0 aromatic heterocycles. The van der Waals surface area contributed by atoms with Gasteiger partial charge in [-0.25, -0.2) is 0 Å². The lowest BCUT2D eigenvalue weighted by molar-refractivity contribution is -0.145. The zero-order valence-corrected chi connectivity index (χ0v) is 7.80. The Bertz CT molecular complexity index is 145. The largest absolute Gasteiger partial charge is 0.469 e. The van der Waals surface area contributed by atoms with E-state index in [1.165, 1.54) is 7.11 Å². The molecule has 0 saturated carbocycles. The van der Waals surface area contributed by atoms with Crippen molar-refractivity contribution in [1.82, 2.24) is 5.32 Å². The second-order valence-corrected chi connectivity index (χ2v) is 2.58. The summed E-state index contributed by atoms with van der Waals surface area (Å²) in [6, 6.07) is 0. The lowest BCUT2D eigenvalue weighted by atomic mass is 10.1. The molecule has 0 amide bonds. The number of carbonyl (C=O) groups excluding carboxylic acids is 1. The highest BCUT2D eigenvalue weighted by Crippen LogP contribution is 2.02. The minimum Gasteiger partial charge on any atom is -0.469 e. The molecule has 0 fully saturated rings. The van der Waals surface area contributed by atoms with Crippen LogP contribution < -0.4 is 5.32 Å². The van der Waals surface area contributed by atoms with Gasteiger partial charge in [-0.2, -0.15) is 0 Å². The van der Waals surface area contributed by atoms with Crippen molar-refractivity contribution < 1.29 is 9.53 Å². The Morgan fingerprint density at radius 2 is 2.42 bits per heavy atom. The first kappa shape index (κ1) is 11.2. The second kappa shape index (κ2) is 6.85. The first-order valence-corrected chi connectivity index (χ1v) is 4.15. The highest BCUT2D eigenvalue weighted by Gasteiger charge is 2.15. The number of hydrogen-bond donors (Lipinski definition) is 1. The fourth-order valence-electron chi connectivity index (χ4n) is 0.921. The molecule has 0 radical (unpaired) electrons. The van der Waals surface area contributed by atoms with Gasteiger partial charge in [-0.3, -0.25) is 4.79 Å². The molecule has 0 rings (SSSR count). The van der Waals surface area contributed by atoms with Crippen LogP contribution in [0.25, 0.3) is 0 Å². The van der Waals surface area contributed by atoms with Crippen LogP contribution in [0.4, 0.5) is 0 Å². The number of methoxy groups -OCH3 is 1. The Morgan fingerprint density at radius 3 is 2.83 bits per heavy atom. The smallest absolute Gasteiger partial charge is 0.309 e. The van der Waals surface area contributed by atoms with Crippen LogP contribution in [-0.2, 0) is 9.53 Å². The fraction of sp³-hybridized carbons (Fsp3) is 0.667. The van der Waals surface area contributed by atoms with Crippen LogP contribution in [0, 0.1) is 5.92 Å². The van der Waals surface area contributed by atoms with E-state index < -0.39 is 0 Å². The summed E-state index contributed by atoms with van der Waals surface area (Å²) < 4.78 is 4.63. The summed E-state index contributed by atoms with van der Waals surface area (Å²) in [4.78, 5) is 11.0. The molecule has 0 spiro atoms. The molecule has 0 aliphatic heterocycles. The lowest BCUT2D eigenvalue weighted by Crippen LogP contribution is -2.28. The Kier molecular flexibility index (Phi) is 6.38. The van der Waals surface area contributed by atoms with Gasteiger partial charge >= 0.3 is 5.97 Å². The number of rotatable bonds is 6. The average Bonchev–Trinajstić information content (AvgIpc) is 2.11. The van der Waals surface area contributed by atoms with Crippen molar-refractivity contribution in [3.63, 3.8) is 0 Å². The number of nitrogens with one attached hydrogen (secondary N) is 1. The molecular weight excluding hydrogens is 154 g/mol. The van der Waals surface area contributed by atoms with Crippen LogP contribution in [0.5, 0.6) is 0 Å². The predicted molar refractivity (Wildman–Crippen MR) is 48.9 cm³/mol. The molecule has 0 aliphatic rings. The first-order chi connectivity index (χ1) is 5.76. The van der Waals surface area contributed by atoms with Crippen molar-refractivity contribution >= 4 is 5.97 Å². The Hall–Kier alpha value is -0.830. The average molecular weight is 171 g/mol. The van der Waals surface area contributed by atoms with Gasteiger partial charge in [0.2, 0.25) is 0 Å². The van der Waals surface area contributed by atoms with Crippen LogP contribution in [0.2, 0.25) is 0 Å². The summed E-state index contributed by atoms with van der Waals surface area (Å²) in [5.74, 6) is -0.177. The number of ether oxygens (including phenoxy) is 1. The molecule has 1 unspecified atom stereocenters. The van der Waals surface area contributed by atoms with Gasteiger partial charge < -0.3 is 10.1 Å². The first-order valence-electron chi connectivity index (χ1n) is 4.15. The zero-order valence-electron chi connectivity index (χ0n) is 7.80. The normalized spacial score (nSPS) is 12.2. The monoisotopic (exact) mass is 171 g/mol. The molecule has 0 aliphatic carbocycles. The van der Waals surface area contributed by atoms with Gasteiger partial charge in [0, 0.05) is 13.1 Å². The van der Waals surface area contributed by atoms with E-state index in [1.807, 2.05) is 6.92 Å². The van der Waals surface area contributed by atoms with E-state index in [1.54, 1.807) is 6.08 Å². The Labute approximate surface area is 73.8 Å². The minimum absolute atomic E-state index is 0.0325. The minimum atomic E-state index is -0.144. The lowest BCUT2D eigenvalue weighted by Gasteiger charge is -2.11. The van der Waals surface area contributed by atoms with Crippen molar-refractivity contribution in [2.24, 2.45) is 5.92 Å². The van der Waals surface area contributed by atoms with E-state index in [0.29, 0.717) is 6.54 Å². The van der Waals surface area contributed by atoms with Gasteiger partial charge in [0.25, 0.3) is 0 Å². The molecular formula is C9H17NO2. The van der Waals surface area contributed by atoms with Crippen LogP contribution in [0.15, 0.2) is 12.7 Å². The van der Waals surface area contributed by atoms with Crippen molar-refractivity contribution in [3.8, 4) is 0 Å². The topological polar surface area (TPSA) is 38.3 Å². The van der Waals surface area contributed by atoms with Crippen molar-refractivity contribution in [2.45, 2.75) is 13.3 Å². The van der Waals surface area contributed by atoms with Crippen molar-refractivity contribution in [3.05, 3.63) is 12.7 Å². The summed E-state index contributed by atoms with van der Waals surface area (Å²) >= 11 is 0. The van der Waals surface area contributed by atoms with Gasteiger partial charge in [0.15, 0.2) is 0 Å². The van der Waals surface area contributed by atoms with E-state index in [0.717, 1.165) is 13.0 Å². The van der Waals surface area contributed by atoms with E-state index in [2.05, 4.69) is 16.6 Å². The molecule has 0 aromatic rings. The molecule has 70 valence electrons. The Morgan fingerprint density at radius 1 is 1.75 bits per heavy atom. The van der Waals surface area contributed by atoms with Gasteiger partial charge in [-0.15, -0.1) is 6.58 Å². The molecule has 0 heterocycles. The van der Waals surface area contributed by atoms with Crippen molar-refractivity contribution in [1.29, 1.82) is 0 Å². The maximum atomic E-state index is 11.0. The molecule has 0 bridgehead atoms. The van der Waals surface area contributed by atoms with Crippen molar-refractivity contribution in [2.75, 3.05) is 20.2 Å². The van der Waals surface area contributed by atoms with E-state index in [9.17, 15) is 4.79 Å². The van der Waals surface area contributed by atoms with Gasteiger partial charge in [-0.1, -0.05) is 13.0 Å². The molecule has 12 heavy (non-hydrogen) atoms. The third kappa shape index (κ3) is 4.13. The quantitative estimate of drug-likeness (QED) is 0.367. The molecule has 3 nitrogen and oxygen atoms in total. The maximum absolute atomic E-state index is 11.0. The number of esters is 1. The molecule has 1 N–H and O–H groups in total. The van der Waals surface area contributed by atoms with Crippen LogP contribution in [0.1, 0.15) is 13.3 Å². The highest BCUT2D eigenvalue weighted by atomic mass is 16.5. The second-order valence-electron chi connectivity index (χ2n) is 2.58. The Balaban J connectivity index is 3.66. The molecule has 0 saturated heterocycles. The van der Waals surface area contributed by atoms with Gasteiger partial charge in [0.05, 0.1) is 13.0 Å². The summed E-state index contributed by atoms with van der Waals surface area (Å²) in [7, 11) is 1.42. The number of carbonyl (C=O) groups is 1. The molecule has 3 heteroatoms. The standard InChI is InChI=1S/C9H17NO2/c1-4-6-10-7-8(5-2)9(11)12-3/h4,8,10H,1,5-7H2,2-3H3. The van der Waals surface area contributed by atoms with Gasteiger partial charge in [-0.05, 0) is 6.42 Å². The van der Waals surface area contributed by atoms with Crippen LogP contribution in [0.3, 0.4) is 0 Å². The van der Waals surface area contributed by atoms with Crippen LogP contribution in [-0.4, -0.2) is 26.2 Å². The molecule has 0 aromatic carbocycles. The zero-order chi connectivity index (χ0) is 9.40. The summed E-state index contributed by atoms with van der Waals surface area (Å²) in [5, 5.41) is 3.08. The summed E-state index contributed by atoms with van der Waals surface area (Å²) in [6.45, 7) is 6.93. The SMILES string of the molecule is C=CCNCC(CC)C(=O)OC. The highest BCUT2D eigenvalue weighted by molar-refractivity contribution is 5.72. The third-order valence-electron chi connectivity index (χ3n) is 1.71.